The van der Waals surface area contributed by atoms with Crippen molar-refractivity contribution in [2.75, 3.05) is 5.75 Å². The van der Waals surface area contributed by atoms with Crippen LogP contribution in [0.2, 0.25) is 0 Å². The Bertz CT molecular complexity index is 126. The van der Waals surface area contributed by atoms with Gasteiger partial charge in [0.25, 0.3) is 0 Å². The van der Waals surface area contributed by atoms with Crippen molar-refractivity contribution in [1.29, 1.82) is 0 Å². The lowest BCUT2D eigenvalue weighted by Crippen LogP contribution is -2.44. The molecule has 0 radical (unpaired) electrons. The molecule has 0 aliphatic carbocycles. The van der Waals surface area contributed by atoms with Crippen molar-refractivity contribution < 1.29 is 4.79 Å². The number of rotatable bonds is 1. The Kier molecular flexibility index (Phi) is 4.16. The van der Waals surface area contributed by atoms with Gasteiger partial charge >= 0.3 is 0 Å². The lowest BCUT2D eigenvalue weighted by Gasteiger charge is -2.02. The van der Waals surface area contributed by atoms with Crippen molar-refractivity contribution in [3.63, 3.8) is 0 Å². The number of nitrogens with one attached hydrogen (secondary N) is 2. The molecule has 0 saturated heterocycles. The fourth-order valence-electron chi connectivity index (χ4n) is 0.171. The highest BCUT2D eigenvalue weighted by molar-refractivity contribution is 7.81. The van der Waals surface area contributed by atoms with Gasteiger partial charge in [-0.2, -0.15) is 12.6 Å². The summed E-state index contributed by atoms with van der Waals surface area (Å²) in [5, 5.41) is 0.0325. The molecule has 0 aromatic carbocycles. The van der Waals surface area contributed by atoms with Gasteiger partial charge in [-0.25, -0.2) is 0 Å². The fraction of sp³-hybridized carbons (Fsp3) is 0.333. The highest BCUT2D eigenvalue weighted by atomic mass is 32.1. The van der Waals surface area contributed by atoms with E-state index in [4.69, 9.17) is 5.73 Å². The zero-order chi connectivity index (χ0) is 7.28. The van der Waals surface area contributed by atoms with E-state index in [0.29, 0.717) is 0 Å². The van der Waals surface area contributed by atoms with Crippen molar-refractivity contribution >= 4 is 35.9 Å². The average Bonchev–Trinajstić information content (AvgIpc) is 1.83. The van der Waals surface area contributed by atoms with Crippen LogP contribution in [0.15, 0.2) is 0 Å². The molecule has 6 heteroatoms. The molecule has 0 aliphatic rings. The molecule has 4 nitrogen and oxygen atoms in total. The van der Waals surface area contributed by atoms with E-state index in [2.05, 4.69) is 35.7 Å². The zero-order valence-electron chi connectivity index (χ0n) is 4.55. The van der Waals surface area contributed by atoms with E-state index in [1.165, 1.54) is 0 Å². The summed E-state index contributed by atoms with van der Waals surface area (Å²) < 4.78 is 0. The summed E-state index contributed by atoms with van der Waals surface area (Å²) in [4.78, 5) is 10.4. The van der Waals surface area contributed by atoms with Gasteiger partial charge < -0.3 is 5.73 Å². The fourth-order valence-corrected chi connectivity index (χ4v) is 0.301. The Morgan fingerprint density at radius 2 is 2.22 bits per heavy atom. The lowest BCUT2D eigenvalue weighted by atomic mass is 10.7. The van der Waals surface area contributed by atoms with Gasteiger partial charge in [0.05, 0.1) is 5.75 Å². The number of hydrogen-bond acceptors (Lipinski definition) is 3. The van der Waals surface area contributed by atoms with Crippen LogP contribution in [0.25, 0.3) is 0 Å². The molecular formula is C3H7N3OS2. The standard InChI is InChI=1S/C3H7N3OS2/c4-3(9)6-5-2(7)1-8/h8H,1H2,(H,5,7)(H3,4,6,9). The van der Waals surface area contributed by atoms with Gasteiger partial charge in [-0.15, -0.1) is 0 Å². The van der Waals surface area contributed by atoms with Gasteiger partial charge in [0.1, 0.15) is 0 Å². The van der Waals surface area contributed by atoms with E-state index in [1.54, 1.807) is 0 Å². The van der Waals surface area contributed by atoms with Crippen LogP contribution < -0.4 is 16.6 Å². The van der Waals surface area contributed by atoms with Crippen LogP contribution in [-0.4, -0.2) is 16.8 Å². The van der Waals surface area contributed by atoms with E-state index in [9.17, 15) is 4.79 Å². The number of carbonyl (C=O) groups is 1. The van der Waals surface area contributed by atoms with Crippen LogP contribution in [0.3, 0.4) is 0 Å². The van der Waals surface area contributed by atoms with Gasteiger partial charge in [0.15, 0.2) is 5.11 Å². The monoisotopic (exact) mass is 165 g/mol. The third-order valence-electron chi connectivity index (χ3n) is 0.469. The molecule has 1 amide bonds. The highest BCUT2D eigenvalue weighted by Gasteiger charge is 1.93. The second kappa shape index (κ2) is 4.39. The van der Waals surface area contributed by atoms with E-state index in [1.807, 2.05) is 0 Å². The zero-order valence-corrected chi connectivity index (χ0v) is 6.26. The summed E-state index contributed by atoms with van der Waals surface area (Å²) in [6.45, 7) is 0. The molecule has 0 saturated carbocycles. The van der Waals surface area contributed by atoms with Gasteiger partial charge in [0.2, 0.25) is 5.91 Å². The molecule has 0 fully saturated rings. The molecular weight excluding hydrogens is 158 g/mol. The third-order valence-corrected chi connectivity index (χ3v) is 0.858. The minimum Gasteiger partial charge on any atom is -0.375 e. The van der Waals surface area contributed by atoms with Crippen LogP contribution in [0.4, 0.5) is 0 Å². The third kappa shape index (κ3) is 5.38. The summed E-state index contributed by atoms with van der Waals surface area (Å²) in [6, 6.07) is 0. The van der Waals surface area contributed by atoms with Crippen LogP contribution in [-0.2, 0) is 4.79 Å². The Hall–Kier alpha value is -0.490. The van der Waals surface area contributed by atoms with E-state index in [0.717, 1.165) is 0 Å². The number of carbonyl (C=O) groups excluding carboxylic acids is 1. The number of nitrogens with two attached hydrogens (primary N) is 1. The second-order valence-electron chi connectivity index (χ2n) is 1.20. The molecule has 0 aliphatic heterocycles. The lowest BCUT2D eigenvalue weighted by molar-refractivity contribution is -0.119. The smallest absolute Gasteiger partial charge is 0.248 e. The summed E-state index contributed by atoms with van der Waals surface area (Å²) in [7, 11) is 0. The predicted octanol–water partition coefficient (Wildman–Crippen LogP) is -1.22. The summed E-state index contributed by atoms with van der Waals surface area (Å²) in [5.74, 6) is -0.165. The molecule has 9 heavy (non-hydrogen) atoms. The maximum atomic E-state index is 10.4. The van der Waals surface area contributed by atoms with E-state index < -0.39 is 0 Å². The molecule has 0 aromatic rings. The molecule has 0 unspecified atom stereocenters. The van der Waals surface area contributed by atoms with Crippen molar-refractivity contribution in [1.82, 2.24) is 10.9 Å². The van der Waals surface area contributed by atoms with Crippen LogP contribution >= 0.6 is 24.8 Å². The Balaban J connectivity index is 3.28. The molecule has 4 N–H and O–H groups in total. The maximum Gasteiger partial charge on any atom is 0.248 e. The second-order valence-corrected chi connectivity index (χ2v) is 1.95. The number of thiol groups is 1. The molecule has 0 rings (SSSR count). The highest BCUT2D eigenvalue weighted by Crippen LogP contribution is 1.68. The van der Waals surface area contributed by atoms with Crippen LogP contribution in [0.5, 0.6) is 0 Å². The minimum atomic E-state index is -0.272. The Morgan fingerprint density at radius 1 is 1.67 bits per heavy atom. The van der Waals surface area contributed by atoms with Crippen molar-refractivity contribution in [2.24, 2.45) is 5.73 Å². The Morgan fingerprint density at radius 3 is 2.56 bits per heavy atom. The number of hydrogen-bond donors (Lipinski definition) is 4. The van der Waals surface area contributed by atoms with Gasteiger partial charge in [-0.05, 0) is 12.2 Å². The normalized spacial score (nSPS) is 8.11. The number of thiocarbonyl (C=S) groups is 1. The number of amides is 1. The van der Waals surface area contributed by atoms with Crippen LogP contribution in [0, 0.1) is 0 Å². The first-order chi connectivity index (χ1) is 4.16. The van der Waals surface area contributed by atoms with Gasteiger partial charge in [-0.3, -0.25) is 15.6 Å². The van der Waals surface area contributed by atoms with E-state index >= 15 is 0 Å². The SMILES string of the molecule is NC(=S)NNC(=O)CS. The van der Waals surface area contributed by atoms with Gasteiger partial charge in [0, 0.05) is 0 Å². The topological polar surface area (TPSA) is 67.2 Å². The summed E-state index contributed by atoms with van der Waals surface area (Å²) in [5.41, 5.74) is 9.43. The first-order valence-electron chi connectivity index (χ1n) is 2.12. The minimum absolute atomic E-state index is 0.0325. The Labute approximate surface area is 63.6 Å². The van der Waals surface area contributed by atoms with Crippen LogP contribution in [0.1, 0.15) is 0 Å². The molecule has 0 spiro atoms. The number of hydrazine groups is 1. The molecule has 0 bridgehead atoms. The molecule has 0 heterocycles. The maximum absolute atomic E-state index is 10.4. The first kappa shape index (κ1) is 8.51. The first-order valence-corrected chi connectivity index (χ1v) is 3.16. The van der Waals surface area contributed by atoms with Crippen molar-refractivity contribution in [3.05, 3.63) is 0 Å². The van der Waals surface area contributed by atoms with Crippen molar-refractivity contribution in [2.45, 2.75) is 0 Å². The van der Waals surface area contributed by atoms with Gasteiger partial charge in [-0.1, -0.05) is 0 Å². The summed E-state index contributed by atoms with van der Waals surface area (Å²) >= 11 is 8.07. The predicted molar refractivity (Wildman–Crippen MR) is 41.9 cm³/mol. The largest absolute Gasteiger partial charge is 0.375 e. The molecule has 52 valence electrons. The molecule has 0 aromatic heterocycles. The molecule has 0 atom stereocenters. The quantitative estimate of drug-likeness (QED) is 0.223. The van der Waals surface area contributed by atoms with Crippen molar-refractivity contribution in [3.8, 4) is 0 Å². The average molecular weight is 165 g/mol. The summed E-state index contributed by atoms with van der Waals surface area (Å²) in [6.07, 6.45) is 0. The van der Waals surface area contributed by atoms with E-state index in [-0.39, 0.29) is 16.8 Å².